The first kappa shape index (κ1) is 12.3. The summed E-state index contributed by atoms with van der Waals surface area (Å²) in [7, 11) is 0. The molecule has 1 aromatic carbocycles. The first-order valence-electron chi connectivity index (χ1n) is 5.29. The second-order valence-electron chi connectivity index (χ2n) is 4.07. The minimum atomic E-state index is -2.47. The van der Waals surface area contributed by atoms with E-state index in [0.717, 1.165) is 6.08 Å². The first-order chi connectivity index (χ1) is 8.42. The number of allylic oxidation sites excluding steroid dienone is 1. The molecule has 1 unspecified atom stereocenters. The van der Waals surface area contributed by atoms with Gasteiger partial charge in [-0.15, -0.1) is 0 Å². The molecule has 0 heterocycles. The van der Waals surface area contributed by atoms with Gasteiger partial charge in [-0.3, -0.25) is 4.79 Å². The number of aliphatic hydroxyl groups excluding tert-OH is 1. The number of aliphatic hydroxyl groups is 3. The highest BCUT2D eigenvalue weighted by Gasteiger charge is 2.39. The Morgan fingerprint density at radius 3 is 2.44 bits per heavy atom. The molecule has 0 radical (unpaired) electrons. The summed E-state index contributed by atoms with van der Waals surface area (Å²) >= 11 is 0. The number of hydrogen-bond acceptors (Lipinski definition) is 5. The average Bonchev–Trinajstić information content (AvgIpc) is 2.27. The molecule has 94 valence electrons. The number of aromatic hydroxyl groups is 1. The molecule has 1 aromatic rings. The molecule has 0 aliphatic heterocycles. The van der Waals surface area contributed by atoms with E-state index in [2.05, 4.69) is 0 Å². The van der Waals surface area contributed by atoms with Crippen LogP contribution in [-0.4, -0.2) is 32.0 Å². The van der Waals surface area contributed by atoms with E-state index >= 15 is 0 Å². The number of benzene rings is 1. The van der Waals surface area contributed by atoms with E-state index in [9.17, 15) is 20.1 Å². The normalized spacial score (nSPS) is 21.4. The molecule has 2 rings (SSSR count). The van der Waals surface area contributed by atoms with Crippen LogP contribution in [0.15, 0.2) is 48.3 Å². The molecule has 1 aliphatic carbocycles. The molecule has 0 aromatic heterocycles. The maximum absolute atomic E-state index is 12.1. The molecule has 0 saturated carbocycles. The summed E-state index contributed by atoms with van der Waals surface area (Å²) in [6.45, 7) is 0. The Hall–Kier alpha value is -2.11. The van der Waals surface area contributed by atoms with Gasteiger partial charge in [-0.2, -0.15) is 0 Å². The number of para-hydroxylation sites is 1. The summed E-state index contributed by atoms with van der Waals surface area (Å²) in [6.07, 6.45) is 3.16. The standard InChI is InChI=1S/C13H12O5/c14-8-5-6-10(13(17,18)7-8)12(16)9-3-1-2-4-11(9)15/h1-7,10,14-15,17-18H. The lowest BCUT2D eigenvalue weighted by atomic mass is 9.86. The van der Waals surface area contributed by atoms with Gasteiger partial charge in [0.15, 0.2) is 5.78 Å². The van der Waals surface area contributed by atoms with Crippen LogP contribution >= 0.6 is 0 Å². The smallest absolute Gasteiger partial charge is 0.200 e. The van der Waals surface area contributed by atoms with Gasteiger partial charge >= 0.3 is 0 Å². The predicted octanol–water partition coefficient (Wildman–Crippen LogP) is 0.884. The lowest BCUT2D eigenvalue weighted by Gasteiger charge is -2.27. The van der Waals surface area contributed by atoms with Gasteiger partial charge in [0.2, 0.25) is 5.79 Å². The van der Waals surface area contributed by atoms with Crippen molar-refractivity contribution in [3.8, 4) is 5.75 Å². The van der Waals surface area contributed by atoms with Crippen molar-refractivity contribution < 1.29 is 25.2 Å². The topological polar surface area (TPSA) is 98.0 Å². The van der Waals surface area contributed by atoms with E-state index in [1.807, 2.05) is 0 Å². The third-order valence-electron chi connectivity index (χ3n) is 2.73. The number of phenolic OH excluding ortho intramolecular Hbond substituents is 1. The van der Waals surface area contributed by atoms with Crippen molar-refractivity contribution in [1.29, 1.82) is 0 Å². The third kappa shape index (κ3) is 2.13. The maximum Gasteiger partial charge on any atom is 0.200 e. The number of hydrogen-bond donors (Lipinski definition) is 4. The molecule has 0 amide bonds. The molecule has 0 bridgehead atoms. The highest BCUT2D eigenvalue weighted by Crippen LogP contribution is 2.30. The Bertz CT molecular complexity index is 542. The van der Waals surface area contributed by atoms with Crippen LogP contribution in [-0.2, 0) is 0 Å². The largest absolute Gasteiger partial charge is 0.508 e. The second kappa shape index (κ2) is 4.29. The fourth-order valence-corrected chi connectivity index (χ4v) is 1.82. The van der Waals surface area contributed by atoms with Crippen LogP contribution < -0.4 is 0 Å². The van der Waals surface area contributed by atoms with Crippen LogP contribution in [0.3, 0.4) is 0 Å². The summed E-state index contributed by atoms with van der Waals surface area (Å²) in [5.74, 6) is -4.95. The maximum atomic E-state index is 12.1. The van der Waals surface area contributed by atoms with Gasteiger partial charge < -0.3 is 20.4 Å². The van der Waals surface area contributed by atoms with Crippen LogP contribution in [0.1, 0.15) is 10.4 Å². The van der Waals surface area contributed by atoms with Crippen molar-refractivity contribution in [1.82, 2.24) is 0 Å². The third-order valence-corrected chi connectivity index (χ3v) is 2.73. The van der Waals surface area contributed by atoms with Gasteiger partial charge in [-0.05, 0) is 18.2 Å². The highest BCUT2D eigenvalue weighted by molar-refractivity contribution is 6.02. The van der Waals surface area contributed by atoms with Gasteiger partial charge in [-0.25, -0.2) is 0 Å². The van der Waals surface area contributed by atoms with E-state index in [1.165, 1.54) is 24.3 Å². The lowest BCUT2D eigenvalue weighted by Crippen LogP contribution is -2.41. The molecule has 0 fully saturated rings. The molecule has 0 saturated heterocycles. The Morgan fingerprint density at radius 1 is 1.17 bits per heavy atom. The number of carbonyl (C=O) groups excluding carboxylic acids is 1. The molecule has 1 aliphatic rings. The van der Waals surface area contributed by atoms with E-state index in [-0.39, 0.29) is 17.1 Å². The van der Waals surface area contributed by atoms with Crippen molar-refractivity contribution in [2.45, 2.75) is 5.79 Å². The minimum Gasteiger partial charge on any atom is -0.508 e. The van der Waals surface area contributed by atoms with Crippen LogP contribution in [0.5, 0.6) is 5.75 Å². The highest BCUT2D eigenvalue weighted by atomic mass is 16.5. The molecule has 5 nitrogen and oxygen atoms in total. The monoisotopic (exact) mass is 248 g/mol. The van der Waals surface area contributed by atoms with E-state index in [4.69, 9.17) is 5.11 Å². The second-order valence-corrected chi connectivity index (χ2v) is 4.07. The van der Waals surface area contributed by atoms with Gasteiger partial charge in [0.05, 0.1) is 11.5 Å². The zero-order valence-electron chi connectivity index (χ0n) is 9.32. The summed E-state index contributed by atoms with van der Waals surface area (Å²) in [5, 5.41) is 38.1. The van der Waals surface area contributed by atoms with Gasteiger partial charge in [0.25, 0.3) is 0 Å². The predicted molar refractivity (Wildman–Crippen MR) is 62.9 cm³/mol. The summed E-state index contributed by atoms with van der Waals surface area (Å²) < 4.78 is 0. The molecular formula is C13H12O5. The number of rotatable bonds is 2. The van der Waals surface area contributed by atoms with Crippen molar-refractivity contribution in [3.63, 3.8) is 0 Å². The Morgan fingerprint density at radius 2 is 1.83 bits per heavy atom. The van der Waals surface area contributed by atoms with Gasteiger partial charge in [0, 0.05) is 6.08 Å². The van der Waals surface area contributed by atoms with Crippen LogP contribution in [0.2, 0.25) is 0 Å². The Kier molecular flexibility index (Phi) is 2.94. The average molecular weight is 248 g/mol. The van der Waals surface area contributed by atoms with Crippen LogP contribution in [0, 0.1) is 5.92 Å². The Balaban J connectivity index is 2.37. The van der Waals surface area contributed by atoms with E-state index in [1.54, 1.807) is 12.1 Å². The Labute approximate surface area is 103 Å². The van der Waals surface area contributed by atoms with Gasteiger partial charge in [-0.1, -0.05) is 18.2 Å². The van der Waals surface area contributed by atoms with Crippen LogP contribution in [0.4, 0.5) is 0 Å². The quantitative estimate of drug-likeness (QED) is 0.460. The zero-order chi connectivity index (χ0) is 13.3. The summed E-state index contributed by atoms with van der Waals surface area (Å²) in [4.78, 5) is 12.1. The molecule has 4 N–H and O–H groups in total. The molecular weight excluding hydrogens is 236 g/mol. The number of ketones is 1. The minimum absolute atomic E-state index is 0.00517. The summed E-state index contributed by atoms with van der Waals surface area (Å²) in [6, 6.07) is 5.84. The zero-order valence-corrected chi connectivity index (χ0v) is 9.32. The van der Waals surface area contributed by atoms with E-state index in [0.29, 0.717) is 0 Å². The lowest BCUT2D eigenvalue weighted by molar-refractivity contribution is -0.138. The van der Waals surface area contributed by atoms with Crippen molar-refractivity contribution in [2.75, 3.05) is 0 Å². The van der Waals surface area contributed by atoms with Crippen molar-refractivity contribution in [2.24, 2.45) is 5.92 Å². The summed E-state index contributed by atoms with van der Waals surface area (Å²) in [5.41, 5.74) is -0.00517. The van der Waals surface area contributed by atoms with Gasteiger partial charge in [0.1, 0.15) is 11.5 Å². The molecule has 1 atom stereocenters. The van der Waals surface area contributed by atoms with E-state index < -0.39 is 17.5 Å². The fraction of sp³-hybridized carbons (Fsp3) is 0.154. The SMILES string of the molecule is O=C(c1ccccc1O)C1C=CC(O)=CC1(O)O. The number of phenols is 1. The fourth-order valence-electron chi connectivity index (χ4n) is 1.82. The number of Topliss-reactive ketones (excluding diaryl/α,β-unsaturated/α-hetero) is 1. The molecule has 0 spiro atoms. The molecule has 5 heteroatoms. The number of carbonyl (C=O) groups is 1. The van der Waals surface area contributed by atoms with Crippen molar-refractivity contribution >= 4 is 5.78 Å². The van der Waals surface area contributed by atoms with Crippen LogP contribution in [0.25, 0.3) is 0 Å². The first-order valence-corrected chi connectivity index (χ1v) is 5.29. The van der Waals surface area contributed by atoms with Crippen molar-refractivity contribution in [3.05, 3.63) is 53.8 Å². The molecule has 18 heavy (non-hydrogen) atoms.